The fourth-order valence-electron chi connectivity index (χ4n) is 4.28. The van der Waals surface area contributed by atoms with Crippen LogP contribution in [0.1, 0.15) is 28.9 Å². The van der Waals surface area contributed by atoms with E-state index in [2.05, 4.69) is 24.3 Å². The predicted molar refractivity (Wildman–Crippen MR) is 144 cm³/mol. The maximum Gasteiger partial charge on any atom is 0.303 e. The van der Waals surface area contributed by atoms with Gasteiger partial charge in [-0.2, -0.15) is 0 Å². The van der Waals surface area contributed by atoms with Gasteiger partial charge in [-0.1, -0.05) is 48.5 Å². The lowest BCUT2D eigenvalue weighted by Crippen LogP contribution is -2.45. The number of esters is 1. The van der Waals surface area contributed by atoms with Gasteiger partial charge >= 0.3 is 5.97 Å². The maximum atomic E-state index is 13.9. The summed E-state index contributed by atoms with van der Waals surface area (Å²) in [5, 5.41) is -0.401. The van der Waals surface area contributed by atoms with Gasteiger partial charge in [0.25, 0.3) is 5.91 Å². The molecule has 0 aromatic heterocycles. The number of nitrogens with zero attached hydrogens (tertiary/aromatic N) is 2. The summed E-state index contributed by atoms with van der Waals surface area (Å²) >= 11 is 1.57. The fraction of sp³-hybridized carbons (Fsp3) is 0.310. The van der Waals surface area contributed by atoms with Crippen molar-refractivity contribution in [3.05, 3.63) is 89.5 Å². The highest BCUT2D eigenvalue weighted by Crippen LogP contribution is 2.47. The van der Waals surface area contributed by atoms with E-state index in [0.717, 1.165) is 33.9 Å². The highest BCUT2D eigenvalue weighted by Gasteiger charge is 2.40. The zero-order valence-electron chi connectivity index (χ0n) is 21.1. The van der Waals surface area contributed by atoms with Crippen molar-refractivity contribution in [1.82, 2.24) is 4.90 Å². The molecule has 0 fully saturated rings. The third kappa shape index (κ3) is 6.09. The summed E-state index contributed by atoms with van der Waals surface area (Å²) < 4.78 is 11.0. The molecular weight excluding hydrogens is 472 g/mol. The van der Waals surface area contributed by atoms with Crippen LogP contribution >= 0.6 is 11.8 Å². The Morgan fingerprint density at radius 3 is 2.36 bits per heavy atom. The fourth-order valence-corrected chi connectivity index (χ4v) is 5.66. The Morgan fingerprint density at radius 1 is 1.00 bits per heavy atom. The first-order valence-corrected chi connectivity index (χ1v) is 12.8. The second kappa shape index (κ2) is 11.6. The number of thioether (sulfide) groups is 1. The molecule has 0 saturated heterocycles. The quantitative estimate of drug-likeness (QED) is 0.404. The smallest absolute Gasteiger partial charge is 0.303 e. The van der Waals surface area contributed by atoms with Crippen LogP contribution in [-0.2, 0) is 20.7 Å². The molecule has 6 nitrogen and oxygen atoms in total. The van der Waals surface area contributed by atoms with Gasteiger partial charge in [0.1, 0.15) is 5.75 Å². The number of amides is 1. The van der Waals surface area contributed by atoms with Gasteiger partial charge in [-0.25, -0.2) is 0 Å². The van der Waals surface area contributed by atoms with Gasteiger partial charge in [0.05, 0.1) is 18.0 Å². The lowest BCUT2D eigenvalue weighted by Gasteiger charge is -2.28. The first kappa shape index (κ1) is 25.8. The number of carbonyl (C=O) groups is 2. The Hall–Kier alpha value is -3.29. The van der Waals surface area contributed by atoms with E-state index in [0.29, 0.717) is 13.1 Å². The molecule has 1 aliphatic rings. The molecule has 0 saturated carbocycles. The molecule has 0 aliphatic carbocycles. The molecule has 1 aliphatic heterocycles. The summed E-state index contributed by atoms with van der Waals surface area (Å²) in [6.45, 7) is 2.52. The lowest BCUT2D eigenvalue weighted by atomic mass is 10.0. The van der Waals surface area contributed by atoms with Crippen molar-refractivity contribution in [3.63, 3.8) is 0 Å². The van der Waals surface area contributed by atoms with Crippen molar-refractivity contribution in [3.8, 4) is 5.75 Å². The standard InChI is InChI=1S/C29H32N2O4S/c1-20(32)35-27-28(23-11-13-24(34-4)14-12-23)36-26-19-22(18-21-8-6-5-7-9-21)10-15-25(26)31(29(27)33)17-16-30(2)3/h5-15,19,27-28H,16-18H2,1-4H3/t27-,28+/m0/s1. The molecule has 188 valence electrons. The largest absolute Gasteiger partial charge is 0.497 e. The molecule has 0 unspecified atom stereocenters. The summed E-state index contributed by atoms with van der Waals surface area (Å²) in [6, 6.07) is 24.2. The normalized spacial score (nSPS) is 17.5. The number of anilines is 1. The van der Waals surface area contributed by atoms with Gasteiger partial charge < -0.3 is 19.3 Å². The third-order valence-electron chi connectivity index (χ3n) is 6.11. The van der Waals surface area contributed by atoms with Crippen molar-refractivity contribution in [2.45, 2.75) is 29.6 Å². The van der Waals surface area contributed by atoms with Gasteiger partial charge in [0.15, 0.2) is 6.10 Å². The Bertz CT molecular complexity index is 1200. The summed E-state index contributed by atoms with van der Waals surface area (Å²) in [6.07, 6.45) is -0.158. The van der Waals surface area contributed by atoms with Crippen LogP contribution in [0.25, 0.3) is 0 Å². The minimum atomic E-state index is -0.951. The van der Waals surface area contributed by atoms with Crippen LogP contribution in [0, 0.1) is 0 Å². The van der Waals surface area contributed by atoms with E-state index in [-0.39, 0.29) is 5.91 Å². The molecule has 0 spiro atoms. The molecule has 0 radical (unpaired) electrons. The minimum absolute atomic E-state index is 0.213. The summed E-state index contributed by atoms with van der Waals surface area (Å²) in [5.74, 6) is 0.0385. The van der Waals surface area contributed by atoms with E-state index in [1.165, 1.54) is 12.5 Å². The van der Waals surface area contributed by atoms with Gasteiger partial charge in [-0.15, -0.1) is 11.8 Å². The molecule has 3 aromatic rings. The molecule has 0 bridgehead atoms. The Labute approximate surface area is 217 Å². The molecule has 2 atom stereocenters. The van der Waals surface area contributed by atoms with Crippen LogP contribution in [0.3, 0.4) is 0 Å². The summed E-state index contributed by atoms with van der Waals surface area (Å²) in [4.78, 5) is 30.9. The van der Waals surface area contributed by atoms with Crippen molar-refractivity contribution in [2.24, 2.45) is 0 Å². The second-order valence-electron chi connectivity index (χ2n) is 9.10. The van der Waals surface area contributed by atoms with Gasteiger partial charge in [-0.05, 0) is 61.5 Å². The average molecular weight is 505 g/mol. The zero-order valence-corrected chi connectivity index (χ0v) is 22.0. The van der Waals surface area contributed by atoms with Crippen LogP contribution in [0.4, 0.5) is 5.69 Å². The number of methoxy groups -OCH3 is 1. The van der Waals surface area contributed by atoms with E-state index in [4.69, 9.17) is 9.47 Å². The molecule has 4 rings (SSSR count). The van der Waals surface area contributed by atoms with E-state index in [1.54, 1.807) is 23.8 Å². The first-order valence-electron chi connectivity index (χ1n) is 12.0. The number of likely N-dealkylation sites (N-methyl/N-ethyl adjacent to an activating group) is 1. The second-order valence-corrected chi connectivity index (χ2v) is 10.3. The molecular formula is C29H32N2O4S. The highest BCUT2D eigenvalue weighted by atomic mass is 32.2. The lowest BCUT2D eigenvalue weighted by molar-refractivity contribution is -0.152. The Kier molecular flexibility index (Phi) is 8.33. The SMILES string of the molecule is COc1ccc([C@H]2Sc3cc(Cc4ccccc4)ccc3N(CCN(C)C)C(=O)[C@H]2OC(C)=O)cc1. The predicted octanol–water partition coefficient (Wildman–Crippen LogP) is 4.96. The Balaban J connectivity index is 1.78. The topological polar surface area (TPSA) is 59.1 Å². The summed E-state index contributed by atoms with van der Waals surface area (Å²) in [5.41, 5.74) is 4.12. The molecule has 7 heteroatoms. The first-order chi connectivity index (χ1) is 17.4. The minimum Gasteiger partial charge on any atom is -0.497 e. The van der Waals surface area contributed by atoms with E-state index in [1.807, 2.05) is 67.5 Å². The van der Waals surface area contributed by atoms with Crippen molar-refractivity contribution in [2.75, 3.05) is 39.2 Å². The van der Waals surface area contributed by atoms with Crippen LogP contribution in [0.15, 0.2) is 77.7 Å². The third-order valence-corrected chi connectivity index (χ3v) is 7.47. The summed E-state index contributed by atoms with van der Waals surface area (Å²) in [7, 11) is 5.57. The van der Waals surface area contributed by atoms with Gasteiger partial charge in [-0.3, -0.25) is 9.59 Å². The van der Waals surface area contributed by atoms with Crippen molar-refractivity contribution >= 4 is 29.3 Å². The van der Waals surface area contributed by atoms with Crippen LogP contribution in [0.2, 0.25) is 0 Å². The number of hydrogen-bond acceptors (Lipinski definition) is 6. The number of hydrogen-bond donors (Lipinski definition) is 0. The van der Waals surface area contributed by atoms with Crippen LogP contribution in [0.5, 0.6) is 5.75 Å². The Morgan fingerprint density at radius 2 is 1.72 bits per heavy atom. The highest BCUT2D eigenvalue weighted by molar-refractivity contribution is 7.99. The number of benzene rings is 3. The molecule has 1 heterocycles. The molecule has 36 heavy (non-hydrogen) atoms. The van der Waals surface area contributed by atoms with E-state index < -0.39 is 17.3 Å². The van der Waals surface area contributed by atoms with Crippen molar-refractivity contribution in [1.29, 1.82) is 0 Å². The average Bonchev–Trinajstić information content (AvgIpc) is 2.97. The number of carbonyl (C=O) groups excluding carboxylic acids is 2. The zero-order chi connectivity index (χ0) is 25.7. The van der Waals surface area contributed by atoms with Gasteiger partial charge in [0, 0.05) is 24.9 Å². The van der Waals surface area contributed by atoms with E-state index in [9.17, 15) is 9.59 Å². The molecule has 3 aromatic carbocycles. The van der Waals surface area contributed by atoms with Gasteiger partial charge in [0.2, 0.25) is 0 Å². The van der Waals surface area contributed by atoms with Crippen LogP contribution < -0.4 is 9.64 Å². The van der Waals surface area contributed by atoms with Crippen LogP contribution in [-0.4, -0.2) is 57.2 Å². The van der Waals surface area contributed by atoms with Crippen molar-refractivity contribution < 1.29 is 19.1 Å². The molecule has 0 N–H and O–H groups in total. The number of ether oxygens (including phenoxy) is 2. The monoisotopic (exact) mass is 504 g/mol. The number of rotatable bonds is 8. The number of fused-ring (bicyclic) bond motifs is 1. The van der Waals surface area contributed by atoms with E-state index >= 15 is 0 Å². The molecule has 1 amide bonds. The maximum absolute atomic E-state index is 13.9.